The Balaban J connectivity index is 1.17. The van der Waals surface area contributed by atoms with Gasteiger partial charge >= 0.3 is 6.18 Å². The van der Waals surface area contributed by atoms with E-state index in [-0.39, 0.29) is 44.2 Å². The van der Waals surface area contributed by atoms with Gasteiger partial charge < -0.3 is 36.0 Å². The minimum atomic E-state index is -4.90. The number of carbonyl (C=O) groups is 7. The van der Waals surface area contributed by atoms with Crippen LogP contribution >= 0.6 is 23.2 Å². The van der Waals surface area contributed by atoms with Crippen LogP contribution in [0.4, 0.5) is 17.6 Å². The van der Waals surface area contributed by atoms with E-state index in [4.69, 9.17) is 23.2 Å². The van der Waals surface area contributed by atoms with Crippen molar-refractivity contribution < 1.29 is 51.1 Å². The highest BCUT2D eigenvalue weighted by Crippen LogP contribution is 2.69. The minimum Gasteiger partial charge on any atom is -0.354 e. The third kappa shape index (κ3) is 11.6. The van der Waals surface area contributed by atoms with Crippen LogP contribution in [0.15, 0.2) is 18.2 Å². The minimum absolute atomic E-state index is 0.0197. The van der Waals surface area contributed by atoms with Crippen LogP contribution in [0, 0.1) is 28.6 Å². The zero-order chi connectivity index (χ0) is 50.4. The number of halogens is 6. The lowest BCUT2D eigenvalue weighted by Gasteiger charge is -2.60. The van der Waals surface area contributed by atoms with Crippen molar-refractivity contribution in [2.45, 2.75) is 172 Å². The molecule has 4 N–H and O–H groups in total. The molecule has 4 saturated carbocycles. The van der Waals surface area contributed by atoms with Crippen molar-refractivity contribution in [1.82, 2.24) is 36.0 Å². The molecule has 7 amide bonds. The van der Waals surface area contributed by atoms with Crippen LogP contribution in [0.2, 0.25) is 10.0 Å². The molecule has 6 fully saturated rings. The van der Waals surface area contributed by atoms with E-state index >= 15 is 9.18 Å². The lowest BCUT2D eigenvalue weighted by molar-refractivity contribution is -0.285. The van der Waals surface area contributed by atoms with Gasteiger partial charge in [-0.1, -0.05) is 43.5 Å². The van der Waals surface area contributed by atoms with Crippen molar-refractivity contribution in [3.05, 3.63) is 33.8 Å². The van der Waals surface area contributed by atoms with E-state index in [1.807, 2.05) is 13.8 Å². The molecule has 14 nitrogen and oxygen atoms in total. The average molecular weight is 1010 g/mol. The van der Waals surface area contributed by atoms with Gasteiger partial charge in [0, 0.05) is 43.0 Å². The highest BCUT2D eigenvalue weighted by Gasteiger charge is 2.74. The lowest BCUT2D eigenvalue weighted by atomic mass is 9.44. The summed E-state index contributed by atoms with van der Waals surface area (Å²) in [6, 6.07) is -1.70. The Kier molecular flexibility index (Phi) is 15.6. The highest BCUT2D eigenvalue weighted by molar-refractivity contribution is 6.33. The van der Waals surface area contributed by atoms with E-state index in [9.17, 15) is 41.9 Å². The van der Waals surface area contributed by atoms with Gasteiger partial charge in [-0.25, -0.2) is 4.39 Å². The average Bonchev–Trinajstić information content (AvgIpc) is 4.19. The fraction of sp³-hybridized carbons (Fsp3) is 0.735. The predicted molar refractivity (Wildman–Crippen MR) is 249 cm³/mol. The maximum Gasteiger partial charge on any atom is 0.403 e. The van der Waals surface area contributed by atoms with Crippen molar-refractivity contribution in [1.29, 1.82) is 0 Å². The molecule has 2 saturated heterocycles. The monoisotopic (exact) mass is 1010 g/mol. The third-order valence-electron chi connectivity index (χ3n) is 15.4. The summed E-state index contributed by atoms with van der Waals surface area (Å²) in [4.78, 5) is 104. The second-order valence-corrected chi connectivity index (χ2v) is 22.7. The molecular formula is C49H67Cl2F4N7O7. The van der Waals surface area contributed by atoms with E-state index in [0.717, 1.165) is 24.2 Å². The van der Waals surface area contributed by atoms with Crippen LogP contribution in [0.5, 0.6) is 0 Å². The van der Waals surface area contributed by atoms with E-state index in [0.29, 0.717) is 54.1 Å². The summed E-state index contributed by atoms with van der Waals surface area (Å²) in [5.41, 5.74) is -4.25. The number of likely N-dealkylation sites (tertiary alicyclic amines) is 1. The Morgan fingerprint density at radius 2 is 1.64 bits per heavy atom. The third-order valence-corrected chi connectivity index (χ3v) is 16.0. The number of nitrogens with zero attached hydrogens (tertiary/aromatic N) is 3. The SMILES string of the molecule is CC(C)C[C@@H]1NC(=O)[C@@H](N(CC2CC2)C(=O)[C@@H](NC(=O)[C@@H]2C[C@@H](F)CN2C(=O)C2(C(F)(F)F)CC3(CCC3)C2)C2CC2)CCCCNC(=O)C(C)(C)NC(=O)[C@H](Cc2cc(Cl)ccc2Cl)N(C)C1=O. The number of likely N-dealkylation sites (N-methyl/N-ethyl adjacent to an activating group) is 1. The molecule has 6 aliphatic rings. The van der Waals surface area contributed by atoms with Crippen molar-refractivity contribution in [3.8, 4) is 0 Å². The van der Waals surface area contributed by atoms with Gasteiger partial charge in [-0.15, -0.1) is 0 Å². The Hall–Kier alpha value is -4.19. The van der Waals surface area contributed by atoms with Crippen LogP contribution < -0.4 is 21.3 Å². The molecule has 1 aromatic carbocycles. The molecule has 2 heterocycles. The topological polar surface area (TPSA) is 177 Å². The molecule has 0 aromatic heterocycles. The number of carbonyl (C=O) groups excluding carboxylic acids is 7. The molecule has 1 spiro atoms. The number of benzene rings is 1. The summed E-state index contributed by atoms with van der Waals surface area (Å²) in [6.07, 6.45) is -2.67. The first-order valence-corrected chi connectivity index (χ1v) is 25.3. The van der Waals surface area contributed by atoms with Crippen LogP contribution in [0.25, 0.3) is 0 Å². The second kappa shape index (κ2) is 20.5. The number of nitrogens with one attached hydrogen (secondary N) is 4. The zero-order valence-electron chi connectivity index (χ0n) is 40.1. The number of hydrogen-bond acceptors (Lipinski definition) is 7. The fourth-order valence-electron chi connectivity index (χ4n) is 10.9. The van der Waals surface area contributed by atoms with Gasteiger partial charge in [0.05, 0.1) is 6.54 Å². The van der Waals surface area contributed by atoms with Crippen LogP contribution in [0.1, 0.15) is 123 Å². The van der Waals surface area contributed by atoms with Crippen molar-refractivity contribution in [3.63, 3.8) is 0 Å². The molecule has 2 aliphatic heterocycles. The normalized spacial score (nSPS) is 28.0. The zero-order valence-corrected chi connectivity index (χ0v) is 41.6. The first-order chi connectivity index (χ1) is 32.3. The molecule has 0 radical (unpaired) electrons. The van der Waals surface area contributed by atoms with Crippen LogP contribution in [0.3, 0.4) is 0 Å². The maximum absolute atomic E-state index is 15.2. The van der Waals surface area contributed by atoms with Gasteiger partial charge in [-0.05, 0) is 138 Å². The Bertz CT molecular complexity index is 2160. The molecular weight excluding hydrogens is 945 g/mol. The summed E-state index contributed by atoms with van der Waals surface area (Å²) in [7, 11) is 1.42. The smallest absolute Gasteiger partial charge is 0.354 e. The van der Waals surface area contributed by atoms with E-state index in [1.165, 1.54) is 30.7 Å². The quantitative estimate of drug-likeness (QED) is 0.185. The van der Waals surface area contributed by atoms with E-state index < -0.39 is 132 Å². The summed E-state index contributed by atoms with van der Waals surface area (Å²) >= 11 is 12.9. The Morgan fingerprint density at radius 1 is 0.957 bits per heavy atom. The van der Waals surface area contributed by atoms with Gasteiger partial charge in [0.25, 0.3) is 0 Å². The predicted octanol–water partition coefficient (Wildman–Crippen LogP) is 6.04. The maximum atomic E-state index is 15.2. The van der Waals surface area contributed by atoms with Crippen LogP contribution in [-0.4, -0.2) is 131 Å². The largest absolute Gasteiger partial charge is 0.403 e. The Labute approximate surface area is 411 Å². The number of hydrogen-bond donors (Lipinski definition) is 4. The number of rotatable bonds is 12. The first kappa shape index (κ1) is 52.6. The standard InChI is InChI=1S/C49H67Cl2F4N7O7/c1-27(2)19-34-42(66)60(5)36(21-30-20-31(50)14-15-33(30)51)41(65)59-46(3,4)44(68)56-18-7-6-9-35(39(63)57-34)61(23-28-10-11-28)43(67)38(29-12-13-29)58-40(64)37-22-32(52)24-62(37)45(69)48(49(53,54)55)25-47(26-48)16-8-17-47/h14-15,20,27-29,32,34-38H,6-13,16-19,21-26H2,1-5H3,(H,56,68)(H,57,63)(H,58,64)(H,59,65)/t32-,34+,35+,36+,37+,38+/m1/s1. The van der Waals surface area contributed by atoms with Gasteiger partial charge in [-0.3, -0.25) is 33.6 Å². The van der Waals surface area contributed by atoms with Crippen LogP contribution in [-0.2, 0) is 40.0 Å². The summed E-state index contributed by atoms with van der Waals surface area (Å²) in [5.74, 6) is -5.79. The summed E-state index contributed by atoms with van der Waals surface area (Å²) in [5, 5.41) is 12.0. The van der Waals surface area contributed by atoms with E-state index in [1.54, 1.807) is 18.2 Å². The molecule has 7 rings (SSSR count). The summed E-state index contributed by atoms with van der Waals surface area (Å²) < 4.78 is 59.5. The first-order valence-electron chi connectivity index (χ1n) is 24.6. The van der Waals surface area contributed by atoms with Gasteiger partial charge in [0.2, 0.25) is 41.4 Å². The molecule has 69 heavy (non-hydrogen) atoms. The molecule has 4 aliphatic carbocycles. The van der Waals surface area contributed by atoms with Gasteiger partial charge in [0.15, 0.2) is 0 Å². The van der Waals surface area contributed by atoms with Gasteiger partial charge in [-0.2, -0.15) is 13.2 Å². The van der Waals surface area contributed by atoms with Crippen molar-refractivity contribution >= 4 is 64.6 Å². The van der Waals surface area contributed by atoms with Gasteiger partial charge in [0.1, 0.15) is 47.3 Å². The molecule has 0 unspecified atom stereocenters. The van der Waals surface area contributed by atoms with Crippen molar-refractivity contribution in [2.75, 3.05) is 26.7 Å². The van der Waals surface area contributed by atoms with Crippen molar-refractivity contribution in [2.24, 2.45) is 28.6 Å². The lowest BCUT2D eigenvalue weighted by Crippen LogP contribution is -2.66. The molecule has 0 bridgehead atoms. The second-order valence-electron chi connectivity index (χ2n) is 21.8. The molecule has 6 atom stereocenters. The number of amides is 7. The number of alkyl halides is 4. The molecule has 1 aromatic rings. The van der Waals surface area contributed by atoms with E-state index in [2.05, 4.69) is 21.3 Å². The molecule has 382 valence electrons. The Morgan fingerprint density at radius 3 is 2.23 bits per heavy atom. The summed E-state index contributed by atoms with van der Waals surface area (Å²) in [6.45, 7) is 6.41. The fourth-order valence-corrected chi connectivity index (χ4v) is 11.3. The molecule has 20 heteroatoms. The highest BCUT2D eigenvalue weighted by atomic mass is 35.5.